The number of rotatable bonds is 5. The molecule has 28 heavy (non-hydrogen) atoms. The van der Waals surface area contributed by atoms with Gasteiger partial charge in [-0.1, -0.05) is 30.3 Å². The number of ether oxygens (including phenoxy) is 1. The van der Waals surface area contributed by atoms with Crippen LogP contribution in [0.1, 0.15) is 18.4 Å². The van der Waals surface area contributed by atoms with Crippen molar-refractivity contribution in [3.8, 4) is 5.75 Å². The number of carbonyl (C=O) groups is 1. The molecule has 1 heterocycles. The molecule has 0 radical (unpaired) electrons. The number of amides is 1. The monoisotopic (exact) mass is 422 g/mol. The number of para-hydroxylation sites is 1. The van der Waals surface area contributed by atoms with Gasteiger partial charge in [0, 0.05) is 32.5 Å². The summed E-state index contributed by atoms with van der Waals surface area (Å²) in [4.78, 5) is 16.9. The van der Waals surface area contributed by atoms with Crippen LogP contribution in [0.3, 0.4) is 0 Å². The van der Waals surface area contributed by atoms with Gasteiger partial charge in [-0.2, -0.15) is 0 Å². The van der Waals surface area contributed by atoms with Crippen LogP contribution in [0.2, 0.25) is 0 Å². The normalized spacial score (nSPS) is 15.8. The van der Waals surface area contributed by atoms with E-state index in [1.807, 2.05) is 56.6 Å². The van der Waals surface area contributed by atoms with Crippen LogP contribution in [0.5, 0.6) is 5.75 Å². The maximum Gasteiger partial charge on any atom is 0.415 e. The van der Waals surface area contributed by atoms with Crippen LogP contribution in [0, 0.1) is 0 Å². The Bertz CT molecular complexity index is 735. The van der Waals surface area contributed by atoms with E-state index in [1.165, 1.54) is 5.56 Å². The number of hydrogen-bond acceptors (Lipinski definition) is 4. The van der Waals surface area contributed by atoms with E-state index in [0.29, 0.717) is 18.8 Å². The SMILES string of the molecule is CN(C)Cc1ccc([S+]([O-])C2CCN(C(=O)Oc3ccccc3)CC2)cc1.Cl. The highest BCUT2D eigenvalue weighted by Crippen LogP contribution is 2.25. The average Bonchev–Trinajstić information content (AvgIpc) is 2.68. The molecule has 1 aliphatic heterocycles. The van der Waals surface area contributed by atoms with Crippen LogP contribution in [-0.2, 0) is 17.7 Å². The molecule has 2 aromatic carbocycles. The first-order valence-electron chi connectivity index (χ1n) is 9.19. The Kier molecular flexibility index (Phi) is 8.63. The molecule has 0 aromatic heterocycles. The summed E-state index contributed by atoms with van der Waals surface area (Å²) in [5, 5.41) is 0.0745. The minimum Gasteiger partial charge on any atom is -0.611 e. The summed E-state index contributed by atoms with van der Waals surface area (Å²) in [6, 6.07) is 17.1. The molecule has 1 saturated heterocycles. The van der Waals surface area contributed by atoms with E-state index in [4.69, 9.17) is 4.74 Å². The maximum atomic E-state index is 12.9. The van der Waals surface area contributed by atoms with Gasteiger partial charge in [0.05, 0.1) is 0 Å². The van der Waals surface area contributed by atoms with Gasteiger partial charge in [0.15, 0.2) is 4.90 Å². The number of halogens is 1. The molecular weight excluding hydrogens is 396 g/mol. The Labute approximate surface area is 176 Å². The molecule has 1 aliphatic rings. The van der Waals surface area contributed by atoms with Crippen LogP contribution in [0.15, 0.2) is 59.5 Å². The highest BCUT2D eigenvalue weighted by atomic mass is 35.5. The summed E-state index contributed by atoms with van der Waals surface area (Å²) >= 11 is -1.05. The van der Waals surface area contributed by atoms with Gasteiger partial charge in [-0.15, -0.1) is 12.4 Å². The fourth-order valence-corrected chi connectivity index (χ4v) is 4.62. The lowest BCUT2D eigenvalue weighted by Gasteiger charge is -2.31. The lowest BCUT2D eigenvalue weighted by atomic mass is 10.1. The van der Waals surface area contributed by atoms with Crippen molar-refractivity contribution in [3.05, 3.63) is 60.2 Å². The quantitative estimate of drug-likeness (QED) is 0.685. The van der Waals surface area contributed by atoms with Crippen molar-refractivity contribution in [2.45, 2.75) is 29.5 Å². The van der Waals surface area contributed by atoms with Crippen molar-refractivity contribution in [3.63, 3.8) is 0 Å². The number of benzene rings is 2. The summed E-state index contributed by atoms with van der Waals surface area (Å²) in [5.74, 6) is 0.547. The third-order valence-electron chi connectivity index (χ3n) is 4.61. The van der Waals surface area contributed by atoms with Crippen molar-refractivity contribution < 1.29 is 14.1 Å². The van der Waals surface area contributed by atoms with Gasteiger partial charge in [-0.3, -0.25) is 0 Å². The minimum atomic E-state index is -1.05. The van der Waals surface area contributed by atoms with Crippen LogP contribution < -0.4 is 4.74 Å². The van der Waals surface area contributed by atoms with Gasteiger partial charge in [0.2, 0.25) is 0 Å². The van der Waals surface area contributed by atoms with E-state index >= 15 is 0 Å². The second-order valence-corrected chi connectivity index (χ2v) is 8.78. The molecular formula is C21H27ClN2O3S. The minimum absolute atomic E-state index is 0. The molecule has 0 saturated carbocycles. The van der Waals surface area contributed by atoms with Crippen LogP contribution >= 0.6 is 12.4 Å². The van der Waals surface area contributed by atoms with Crippen molar-refractivity contribution in [2.75, 3.05) is 27.2 Å². The van der Waals surface area contributed by atoms with Gasteiger partial charge in [-0.05, 0) is 55.1 Å². The van der Waals surface area contributed by atoms with Crippen LogP contribution in [-0.4, -0.2) is 52.9 Å². The van der Waals surface area contributed by atoms with E-state index < -0.39 is 11.2 Å². The molecule has 3 rings (SSSR count). The zero-order valence-electron chi connectivity index (χ0n) is 16.2. The Morgan fingerprint density at radius 1 is 1.11 bits per heavy atom. The van der Waals surface area contributed by atoms with Crippen molar-refractivity contribution in [1.82, 2.24) is 9.80 Å². The van der Waals surface area contributed by atoms with Crippen molar-refractivity contribution in [1.29, 1.82) is 0 Å². The van der Waals surface area contributed by atoms with Gasteiger partial charge >= 0.3 is 6.09 Å². The summed E-state index contributed by atoms with van der Waals surface area (Å²) in [5.41, 5.74) is 1.21. The number of hydrogen-bond donors (Lipinski definition) is 0. The standard InChI is InChI=1S/C21H26N2O3S.ClH/c1-22(2)16-17-8-10-19(11-9-17)27(25)20-12-14-23(15-13-20)21(24)26-18-6-4-3-5-7-18;/h3-11,20H,12-16H2,1-2H3;1H. The summed E-state index contributed by atoms with van der Waals surface area (Å²) in [6.45, 7) is 2.01. The number of likely N-dealkylation sites (tertiary alicyclic amines) is 1. The lowest BCUT2D eigenvalue weighted by molar-refractivity contribution is 0.143. The predicted octanol–water partition coefficient (Wildman–Crippen LogP) is 3.94. The van der Waals surface area contributed by atoms with E-state index in [-0.39, 0.29) is 23.8 Å². The molecule has 1 fully saturated rings. The third-order valence-corrected chi connectivity index (χ3v) is 6.42. The fraction of sp³-hybridized carbons (Fsp3) is 0.381. The summed E-state index contributed by atoms with van der Waals surface area (Å²) in [6.07, 6.45) is 1.10. The molecule has 1 amide bonds. The lowest BCUT2D eigenvalue weighted by Crippen LogP contribution is -2.43. The topological polar surface area (TPSA) is 55.8 Å². The number of piperidine rings is 1. The largest absolute Gasteiger partial charge is 0.611 e. The van der Waals surface area contributed by atoms with Gasteiger partial charge in [0.25, 0.3) is 0 Å². The molecule has 0 N–H and O–H groups in total. The predicted molar refractivity (Wildman–Crippen MR) is 115 cm³/mol. The number of nitrogens with zero attached hydrogens (tertiary/aromatic N) is 2. The number of carbonyl (C=O) groups excluding carboxylic acids is 1. The second kappa shape index (κ2) is 10.7. The second-order valence-electron chi connectivity index (χ2n) is 7.05. The molecule has 2 aromatic rings. The van der Waals surface area contributed by atoms with Gasteiger partial charge in [0.1, 0.15) is 11.0 Å². The van der Waals surface area contributed by atoms with Crippen molar-refractivity contribution >= 4 is 29.7 Å². The molecule has 0 aliphatic carbocycles. The zero-order chi connectivity index (χ0) is 19.2. The zero-order valence-corrected chi connectivity index (χ0v) is 17.9. The summed E-state index contributed by atoms with van der Waals surface area (Å²) < 4.78 is 18.3. The Balaban J connectivity index is 0.00000280. The molecule has 5 nitrogen and oxygen atoms in total. The van der Waals surface area contributed by atoms with E-state index in [1.54, 1.807) is 17.0 Å². The highest BCUT2D eigenvalue weighted by molar-refractivity contribution is 7.92. The van der Waals surface area contributed by atoms with Gasteiger partial charge < -0.3 is 19.1 Å². The molecule has 0 bridgehead atoms. The Morgan fingerprint density at radius 2 is 1.71 bits per heavy atom. The van der Waals surface area contributed by atoms with E-state index in [0.717, 1.165) is 24.3 Å². The van der Waals surface area contributed by atoms with Gasteiger partial charge in [-0.25, -0.2) is 4.79 Å². The molecule has 0 spiro atoms. The third kappa shape index (κ3) is 6.14. The van der Waals surface area contributed by atoms with E-state index in [9.17, 15) is 9.35 Å². The van der Waals surface area contributed by atoms with Crippen molar-refractivity contribution in [2.24, 2.45) is 0 Å². The fourth-order valence-electron chi connectivity index (χ4n) is 3.19. The molecule has 152 valence electrons. The smallest absolute Gasteiger partial charge is 0.415 e. The average molecular weight is 423 g/mol. The van der Waals surface area contributed by atoms with Crippen LogP contribution in [0.4, 0.5) is 4.79 Å². The van der Waals surface area contributed by atoms with E-state index in [2.05, 4.69) is 4.90 Å². The first kappa shape index (κ1) is 22.6. The first-order valence-corrected chi connectivity index (χ1v) is 10.4. The highest BCUT2D eigenvalue weighted by Gasteiger charge is 2.32. The molecule has 1 unspecified atom stereocenters. The first-order chi connectivity index (χ1) is 13.0. The molecule has 7 heteroatoms. The Hall–Kier alpha value is -1.73. The summed E-state index contributed by atoms with van der Waals surface area (Å²) in [7, 11) is 4.06. The van der Waals surface area contributed by atoms with Crippen LogP contribution in [0.25, 0.3) is 0 Å². The maximum absolute atomic E-state index is 12.9. The molecule has 1 atom stereocenters. The Morgan fingerprint density at radius 3 is 2.29 bits per heavy atom.